The Hall–Kier alpha value is 0.400. The van der Waals surface area contributed by atoms with Gasteiger partial charge in [0.1, 0.15) is 0 Å². The number of alkyl halides is 1. The van der Waals surface area contributed by atoms with Crippen molar-refractivity contribution < 1.29 is 4.74 Å². The SMILES string of the molecule is COC1CCCC(N(CCBr)C(C)C)C1. The van der Waals surface area contributed by atoms with E-state index in [1.165, 1.54) is 25.7 Å². The quantitative estimate of drug-likeness (QED) is 0.717. The molecular formula is C12H24BrNO. The van der Waals surface area contributed by atoms with Crippen molar-refractivity contribution in [3.63, 3.8) is 0 Å². The molecule has 0 radical (unpaired) electrons. The molecule has 0 bridgehead atoms. The Labute approximate surface area is 102 Å². The van der Waals surface area contributed by atoms with Crippen molar-refractivity contribution in [2.45, 2.75) is 57.7 Å². The summed E-state index contributed by atoms with van der Waals surface area (Å²) in [5.74, 6) is 0. The lowest BCUT2D eigenvalue weighted by molar-refractivity contribution is 0.0211. The van der Waals surface area contributed by atoms with Crippen molar-refractivity contribution in [1.82, 2.24) is 4.90 Å². The van der Waals surface area contributed by atoms with Gasteiger partial charge in [-0.15, -0.1) is 0 Å². The molecule has 1 aliphatic carbocycles. The summed E-state index contributed by atoms with van der Waals surface area (Å²) in [5.41, 5.74) is 0. The van der Waals surface area contributed by atoms with E-state index in [-0.39, 0.29) is 0 Å². The van der Waals surface area contributed by atoms with Gasteiger partial charge in [0.2, 0.25) is 0 Å². The monoisotopic (exact) mass is 277 g/mol. The Balaban J connectivity index is 2.50. The summed E-state index contributed by atoms with van der Waals surface area (Å²) < 4.78 is 5.49. The molecule has 1 rings (SSSR count). The molecule has 15 heavy (non-hydrogen) atoms. The second-order valence-corrected chi connectivity index (χ2v) is 5.49. The Morgan fingerprint density at radius 3 is 2.67 bits per heavy atom. The molecule has 90 valence electrons. The zero-order valence-electron chi connectivity index (χ0n) is 10.2. The fourth-order valence-electron chi connectivity index (χ4n) is 2.60. The Bertz CT molecular complexity index is 175. The molecule has 0 aromatic heterocycles. The summed E-state index contributed by atoms with van der Waals surface area (Å²) in [7, 11) is 1.84. The molecule has 0 aromatic carbocycles. The minimum absolute atomic E-state index is 0.486. The molecule has 1 fully saturated rings. The van der Waals surface area contributed by atoms with Crippen LogP contribution in [0.1, 0.15) is 39.5 Å². The lowest BCUT2D eigenvalue weighted by Gasteiger charge is -2.39. The molecule has 2 atom stereocenters. The lowest BCUT2D eigenvalue weighted by Crippen LogP contribution is -2.45. The summed E-state index contributed by atoms with van der Waals surface area (Å²) in [6.07, 6.45) is 5.59. The van der Waals surface area contributed by atoms with E-state index < -0.39 is 0 Å². The van der Waals surface area contributed by atoms with Crippen molar-refractivity contribution >= 4 is 15.9 Å². The molecule has 1 aliphatic rings. The molecule has 2 nitrogen and oxygen atoms in total. The predicted molar refractivity (Wildman–Crippen MR) is 68.7 cm³/mol. The first-order valence-corrected chi connectivity index (χ1v) is 7.15. The maximum atomic E-state index is 5.49. The van der Waals surface area contributed by atoms with Crippen LogP contribution < -0.4 is 0 Å². The van der Waals surface area contributed by atoms with E-state index in [1.807, 2.05) is 7.11 Å². The zero-order chi connectivity index (χ0) is 11.3. The fourth-order valence-corrected chi connectivity index (χ4v) is 3.01. The van der Waals surface area contributed by atoms with Crippen molar-refractivity contribution in [2.75, 3.05) is 19.0 Å². The van der Waals surface area contributed by atoms with Gasteiger partial charge < -0.3 is 4.74 Å². The topological polar surface area (TPSA) is 12.5 Å². The van der Waals surface area contributed by atoms with Crippen molar-refractivity contribution in [2.24, 2.45) is 0 Å². The minimum atomic E-state index is 0.486. The van der Waals surface area contributed by atoms with Crippen molar-refractivity contribution in [3.05, 3.63) is 0 Å². The maximum absolute atomic E-state index is 5.49. The molecule has 0 N–H and O–H groups in total. The number of halogens is 1. The van der Waals surface area contributed by atoms with Crippen LogP contribution in [0.25, 0.3) is 0 Å². The number of ether oxygens (including phenoxy) is 1. The van der Waals surface area contributed by atoms with Gasteiger partial charge >= 0.3 is 0 Å². The van der Waals surface area contributed by atoms with Crippen LogP contribution in [0.15, 0.2) is 0 Å². The van der Waals surface area contributed by atoms with Crippen LogP contribution in [0, 0.1) is 0 Å². The average molecular weight is 278 g/mol. The summed E-state index contributed by atoms with van der Waals surface area (Å²) >= 11 is 3.54. The summed E-state index contributed by atoms with van der Waals surface area (Å²) in [6, 6.07) is 1.37. The number of rotatable bonds is 5. The number of methoxy groups -OCH3 is 1. The molecule has 0 aromatic rings. The smallest absolute Gasteiger partial charge is 0.0586 e. The van der Waals surface area contributed by atoms with Crippen molar-refractivity contribution in [1.29, 1.82) is 0 Å². The highest BCUT2D eigenvalue weighted by molar-refractivity contribution is 9.09. The molecule has 0 saturated heterocycles. The predicted octanol–water partition coefficient (Wildman–Crippen LogP) is 3.05. The van der Waals surface area contributed by atoms with E-state index in [0.717, 1.165) is 17.9 Å². The van der Waals surface area contributed by atoms with Gasteiger partial charge in [-0.25, -0.2) is 0 Å². The fraction of sp³-hybridized carbons (Fsp3) is 1.00. The molecule has 3 heteroatoms. The second-order valence-electron chi connectivity index (χ2n) is 4.70. The summed E-state index contributed by atoms with van der Waals surface area (Å²) in [4.78, 5) is 2.61. The molecule has 0 heterocycles. The lowest BCUT2D eigenvalue weighted by atomic mass is 9.91. The number of hydrogen-bond acceptors (Lipinski definition) is 2. The summed E-state index contributed by atoms with van der Waals surface area (Å²) in [6.45, 7) is 5.73. The maximum Gasteiger partial charge on any atom is 0.0586 e. The second kappa shape index (κ2) is 6.87. The molecule has 2 unspecified atom stereocenters. The standard InChI is InChI=1S/C12H24BrNO/c1-10(2)14(8-7-13)11-5-4-6-12(9-11)15-3/h10-12H,4-9H2,1-3H3. The van der Waals surface area contributed by atoms with Crippen LogP contribution in [0.2, 0.25) is 0 Å². The van der Waals surface area contributed by atoms with Crippen LogP contribution in [0.3, 0.4) is 0 Å². The third-order valence-electron chi connectivity index (χ3n) is 3.41. The highest BCUT2D eigenvalue weighted by Crippen LogP contribution is 2.26. The highest BCUT2D eigenvalue weighted by atomic mass is 79.9. The van der Waals surface area contributed by atoms with E-state index >= 15 is 0 Å². The van der Waals surface area contributed by atoms with Gasteiger partial charge in [0, 0.05) is 31.1 Å². The molecule has 0 spiro atoms. The number of hydrogen-bond donors (Lipinski definition) is 0. The van der Waals surface area contributed by atoms with Gasteiger partial charge in [-0.1, -0.05) is 15.9 Å². The van der Waals surface area contributed by atoms with Gasteiger partial charge in [0.15, 0.2) is 0 Å². The zero-order valence-corrected chi connectivity index (χ0v) is 11.8. The van der Waals surface area contributed by atoms with Crippen LogP contribution in [0.4, 0.5) is 0 Å². The van der Waals surface area contributed by atoms with Gasteiger partial charge in [-0.05, 0) is 39.5 Å². The summed E-state index contributed by atoms with van der Waals surface area (Å²) in [5, 5.41) is 1.07. The van der Waals surface area contributed by atoms with E-state index in [2.05, 4.69) is 34.7 Å². The number of nitrogens with zero attached hydrogens (tertiary/aromatic N) is 1. The van der Waals surface area contributed by atoms with Crippen LogP contribution in [-0.4, -0.2) is 42.1 Å². The average Bonchev–Trinajstić information content (AvgIpc) is 2.25. The largest absolute Gasteiger partial charge is 0.381 e. The Kier molecular flexibility index (Phi) is 6.17. The first-order valence-electron chi connectivity index (χ1n) is 6.03. The van der Waals surface area contributed by atoms with Gasteiger partial charge in [-0.3, -0.25) is 4.90 Å². The van der Waals surface area contributed by atoms with Gasteiger partial charge in [-0.2, -0.15) is 0 Å². The molecule has 0 amide bonds. The van der Waals surface area contributed by atoms with Gasteiger partial charge in [0.25, 0.3) is 0 Å². The Morgan fingerprint density at radius 1 is 1.40 bits per heavy atom. The van der Waals surface area contributed by atoms with Crippen LogP contribution in [-0.2, 0) is 4.74 Å². The normalized spacial score (nSPS) is 27.6. The Morgan fingerprint density at radius 2 is 2.13 bits per heavy atom. The van der Waals surface area contributed by atoms with E-state index in [4.69, 9.17) is 4.74 Å². The van der Waals surface area contributed by atoms with Crippen molar-refractivity contribution in [3.8, 4) is 0 Å². The van der Waals surface area contributed by atoms with E-state index in [1.54, 1.807) is 0 Å². The third kappa shape index (κ3) is 4.04. The molecule has 0 aliphatic heterocycles. The van der Waals surface area contributed by atoms with E-state index in [9.17, 15) is 0 Å². The van der Waals surface area contributed by atoms with Gasteiger partial charge in [0.05, 0.1) is 6.10 Å². The molecule has 1 saturated carbocycles. The first kappa shape index (κ1) is 13.5. The van der Waals surface area contributed by atoms with Crippen LogP contribution in [0.5, 0.6) is 0 Å². The minimum Gasteiger partial charge on any atom is -0.381 e. The van der Waals surface area contributed by atoms with Crippen LogP contribution >= 0.6 is 15.9 Å². The van der Waals surface area contributed by atoms with E-state index in [0.29, 0.717) is 12.1 Å². The third-order valence-corrected chi connectivity index (χ3v) is 3.76. The highest BCUT2D eigenvalue weighted by Gasteiger charge is 2.27. The first-order chi connectivity index (χ1) is 7.19. The molecular weight excluding hydrogens is 254 g/mol.